The number of para-hydroxylation sites is 2. The standard InChI is InChI=1S/C24H31N3O4/c1-2-30-18-19-31-22-11-7-6-10-21(22)24(29)25-13-12-23(28)27-16-14-26(15-17-27)20-8-4-3-5-9-20/h3-11H,2,12-19H2,1H3,(H,25,29). The Balaban J connectivity index is 1.41. The molecule has 2 aromatic carbocycles. The molecule has 7 heteroatoms. The maximum atomic E-state index is 12.6. The molecule has 166 valence electrons. The minimum atomic E-state index is -0.242. The molecule has 0 aliphatic carbocycles. The minimum Gasteiger partial charge on any atom is -0.490 e. The number of hydrogen-bond acceptors (Lipinski definition) is 5. The number of ether oxygens (including phenoxy) is 2. The maximum absolute atomic E-state index is 12.6. The molecule has 1 N–H and O–H groups in total. The van der Waals surface area contributed by atoms with E-state index in [9.17, 15) is 9.59 Å². The molecule has 31 heavy (non-hydrogen) atoms. The summed E-state index contributed by atoms with van der Waals surface area (Å²) < 4.78 is 10.9. The van der Waals surface area contributed by atoms with Gasteiger partial charge in [-0.25, -0.2) is 0 Å². The van der Waals surface area contributed by atoms with Gasteiger partial charge in [0.25, 0.3) is 5.91 Å². The zero-order valence-corrected chi connectivity index (χ0v) is 18.1. The Kier molecular flexibility index (Phi) is 8.72. The number of nitrogens with zero attached hydrogens (tertiary/aromatic N) is 2. The zero-order valence-electron chi connectivity index (χ0n) is 18.1. The maximum Gasteiger partial charge on any atom is 0.255 e. The van der Waals surface area contributed by atoms with Crippen LogP contribution in [0.2, 0.25) is 0 Å². The van der Waals surface area contributed by atoms with Gasteiger partial charge in [-0.15, -0.1) is 0 Å². The van der Waals surface area contributed by atoms with Crippen molar-refractivity contribution in [3.63, 3.8) is 0 Å². The lowest BCUT2D eigenvalue weighted by atomic mass is 10.2. The van der Waals surface area contributed by atoms with Crippen LogP contribution in [0, 0.1) is 0 Å². The number of benzene rings is 2. The Morgan fingerprint density at radius 1 is 0.935 bits per heavy atom. The van der Waals surface area contributed by atoms with Crippen LogP contribution in [0.25, 0.3) is 0 Å². The average molecular weight is 426 g/mol. The summed E-state index contributed by atoms with van der Waals surface area (Å²) in [6.07, 6.45) is 0.282. The molecule has 1 heterocycles. The van der Waals surface area contributed by atoms with E-state index in [1.807, 2.05) is 36.1 Å². The zero-order chi connectivity index (χ0) is 21.9. The molecule has 2 aromatic rings. The van der Waals surface area contributed by atoms with Crippen molar-refractivity contribution in [1.29, 1.82) is 0 Å². The third-order valence-electron chi connectivity index (χ3n) is 5.20. The summed E-state index contributed by atoms with van der Waals surface area (Å²) in [7, 11) is 0. The topological polar surface area (TPSA) is 71.1 Å². The number of piperazine rings is 1. The highest BCUT2D eigenvalue weighted by Crippen LogP contribution is 2.18. The molecule has 1 aliphatic heterocycles. The van der Waals surface area contributed by atoms with E-state index in [2.05, 4.69) is 22.3 Å². The number of carbonyl (C=O) groups excluding carboxylic acids is 2. The molecule has 0 spiro atoms. The first-order valence-electron chi connectivity index (χ1n) is 10.8. The fraction of sp³-hybridized carbons (Fsp3) is 0.417. The van der Waals surface area contributed by atoms with Gasteiger partial charge in [-0.1, -0.05) is 30.3 Å². The van der Waals surface area contributed by atoms with Gasteiger partial charge in [-0.05, 0) is 31.2 Å². The van der Waals surface area contributed by atoms with Gasteiger partial charge >= 0.3 is 0 Å². The van der Waals surface area contributed by atoms with Crippen LogP contribution in [-0.4, -0.2) is 69.3 Å². The Morgan fingerprint density at radius 2 is 1.65 bits per heavy atom. The van der Waals surface area contributed by atoms with Gasteiger partial charge in [-0.3, -0.25) is 9.59 Å². The van der Waals surface area contributed by atoms with E-state index < -0.39 is 0 Å². The minimum absolute atomic E-state index is 0.0641. The van der Waals surface area contributed by atoms with Crippen LogP contribution in [-0.2, 0) is 9.53 Å². The molecule has 0 bridgehead atoms. The van der Waals surface area contributed by atoms with E-state index in [0.29, 0.717) is 50.8 Å². The second-order valence-corrected chi connectivity index (χ2v) is 7.25. The molecule has 0 radical (unpaired) electrons. The molecule has 1 saturated heterocycles. The van der Waals surface area contributed by atoms with Gasteiger partial charge in [0.2, 0.25) is 5.91 Å². The highest BCUT2D eigenvalue weighted by atomic mass is 16.5. The molecule has 2 amide bonds. The fourth-order valence-corrected chi connectivity index (χ4v) is 3.52. The number of carbonyl (C=O) groups is 2. The fourth-order valence-electron chi connectivity index (χ4n) is 3.52. The van der Waals surface area contributed by atoms with Crippen LogP contribution in [0.5, 0.6) is 5.75 Å². The van der Waals surface area contributed by atoms with E-state index in [1.54, 1.807) is 18.2 Å². The lowest BCUT2D eigenvalue weighted by Gasteiger charge is -2.36. The Bertz CT molecular complexity index is 836. The van der Waals surface area contributed by atoms with Gasteiger partial charge in [0.1, 0.15) is 12.4 Å². The van der Waals surface area contributed by atoms with Crippen molar-refractivity contribution in [3.05, 3.63) is 60.2 Å². The van der Waals surface area contributed by atoms with Gasteiger partial charge in [0.05, 0.1) is 12.2 Å². The van der Waals surface area contributed by atoms with Crippen molar-refractivity contribution in [2.45, 2.75) is 13.3 Å². The first-order valence-corrected chi connectivity index (χ1v) is 10.8. The second-order valence-electron chi connectivity index (χ2n) is 7.25. The highest BCUT2D eigenvalue weighted by molar-refractivity contribution is 5.97. The number of amides is 2. The van der Waals surface area contributed by atoms with E-state index in [-0.39, 0.29) is 18.2 Å². The van der Waals surface area contributed by atoms with E-state index in [4.69, 9.17) is 9.47 Å². The predicted molar refractivity (Wildman–Crippen MR) is 121 cm³/mol. The van der Waals surface area contributed by atoms with Crippen LogP contribution in [0.15, 0.2) is 54.6 Å². The summed E-state index contributed by atoms with van der Waals surface area (Å²) in [5, 5.41) is 2.84. The summed E-state index contributed by atoms with van der Waals surface area (Å²) >= 11 is 0. The number of nitrogens with one attached hydrogen (secondary N) is 1. The van der Waals surface area contributed by atoms with E-state index in [1.165, 1.54) is 5.69 Å². The quantitative estimate of drug-likeness (QED) is 0.593. The normalized spacial score (nSPS) is 13.7. The molecule has 1 fully saturated rings. The molecule has 0 unspecified atom stereocenters. The van der Waals surface area contributed by atoms with Crippen LogP contribution in [0.4, 0.5) is 5.69 Å². The molecular formula is C24H31N3O4. The SMILES string of the molecule is CCOCCOc1ccccc1C(=O)NCCC(=O)N1CCN(c2ccccc2)CC1. The summed E-state index contributed by atoms with van der Waals surface area (Å²) in [5.41, 5.74) is 1.65. The summed E-state index contributed by atoms with van der Waals surface area (Å²) in [6, 6.07) is 17.3. The predicted octanol–water partition coefficient (Wildman–Crippen LogP) is 2.57. The smallest absolute Gasteiger partial charge is 0.255 e. The van der Waals surface area contributed by atoms with Gasteiger partial charge < -0.3 is 24.6 Å². The summed E-state index contributed by atoms with van der Waals surface area (Å²) in [4.78, 5) is 29.3. The largest absolute Gasteiger partial charge is 0.490 e. The molecule has 0 saturated carbocycles. The lowest BCUT2D eigenvalue weighted by molar-refractivity contribution is -0.131. The van der Waals surface area contributed by atoms with Crippen molar-refractivity contribution < 1.29 is 19.1 Å². The Morgan fingerprint density at radius 3 is 2.39 bits per heavy atom. The third-order valence-corrected chi connectivity index (χ3v) is 5.20. The lowest BCUT2D eigenvalue weighted by Crippen LogP contribution is -2.49. The summed E-state index contributed by atoms with van der Waals surface area (Å²) in [6.45, 7) is 6.71. The van der Waals surface area contributed by atoms with Crippen LogP contribution in [0.1, 0.15) is 23.7 Å². The molecule has 0 aromatic heterocycles. The van der Waals surface area contributed by atoms with Crippen molar-refractivity contribution >= 4 is 17.5 Å². The second kappa shape index (κ2) is 12.0. The Hall–Kier alpha value is -3.06. The monoisotopic (exact) mass is 425 g/mol. The van der Waals surface area contributed by atoms with Crippen molar-refractivity contribution in [2.24, 2.45) is 0 Å². The van der Waals surface area contributed by atoms with Crippen molar-refractivity contribution in [3.8, 4) is 5.75 Å². The summed E-state index contributed by atoms with van der Waals surface area (Å²) in [5.74, 6) is 0.339. The van der Waals surface area contributed by atoms with Crippen molar-refractivity contribution in [1.82, 2.24) is 10.2 Å². The number of anilines is 1. The average Bonchev–Trinajstić information content (AvgIpc) is 2.82. The van der Waals surface area contributed by atoms with Crippen LogP contribution >= 0.6 is 0 Å². The molecular weight excluding hydrogens is 394 g/mol. The van der Waals surface area contributed by atoms with E-state index in [0.717, 1.165) is 13.1 Å². The molecule has 0 atom stereocenters. The van der Waals surface area contributed by atoms with Gasteiger partial charge in [-0.2, -0.15) is 0 Å². The number of rotatable bonds is 10. The Labute approximate surface area is 183 Å². The first kappa shape index (κ1) is 22.6. The van der Waals surface area contributed by atoms with Crippen LogP contribution < -0.4 is 15.0 Å². The van der Waals surface area contributed by atoms with Crippen LogP contribution in [0.3, 0.4) is 0 Å². The third kappa shape index (κ3) is 6.72. The van der Waals surface area contributed by atoms with Crippen molar-refractivity contribution in [2.75, 3.05) is 57.4 Å². The first-order chi connectivity index (χ1) is 15.2. The molecule has 3 rings (SSSR count). The van der Waals surface area contributed by atoms with Gasteiger partial charge in [0, 0.05) is 51.4 Å². The molecule has 7 nitrogen and oxygen atoms in total. The van der Waals surface area contributed by atoms with Gasteiger partial charge in [0.15, 0.2) is 0 Å². The highest BCUT2D eigenvalue weighted by Gasteiger charge is 2.21. The molecule has 1 aliphatic rings. The van der Waals surface area contributed by atoms with E-state index >= 15 is 0 Å². The number of hydrogen-bond donors (Lipinski definition) is 1.